The van der Waals surface area contributed by atoms with E-state index < -0.39 is 34.1 Å². The van der Waals surface area contributed by atoms with Crippen molar-refractivity contribution in [1.29, 1.82) is 10.5 Å². The normalized spacial score (nSPS) is 10.6. The molecule has 0 fully saturated rings. The fourth-order valence-electron chi connectivity index (χ4n) is 10.2. The number of carbonyl (C=O) groups excluding carboxylic acids is 2. The summed E-state index contributed by atoms with van der Waals surface area (Å²) in [6.45, 7) is 9.18. The molecule has 0 radical (unpaired) electrons. The summed E-state index contributed by atoms with van der Waals surface area (Å²) >= 11 is 0. The average molecular weight is 1220 g/mol. The Morgan fingerprint density at radius 2 is 0.663 bits per heavy atom. The van der Waals surface area contributed by atoms with Crippen molar-refractivity contribution in [3.05, 3.63) is 324 Å². The Labute approximate surface area is 524 Å². The lowest BCUT2D eigenvalue weighted by molar-refractivity contribution is 0.502. The van der Waals surface area contributed by atoms with Gasteiger partial charge in [-0.05, 0) is 201 Å². The predicted molar refractivity (Wildman–Crippen MR) is 346 cm³/mol. The lowest BCUT2D eigenvalue weighted by Gasteiger charge is -2.16. The number of ether oxygens (including phenoxy) is 2. The van der Waals surface area contributed by atoms with Gasteiger partial charge in [-0.15, -0.1) is 10.5 Å². The molecule has 0 aliphatic carbocycles. The molecule has 0 spiro atoms. The van der Waals surface area contributed by atoms with Crippen LogP contribution < -0.4 is 43.6 Å². The van der Waals surface area contributed by atoms with Crippen LogP contribution in [0.4, 0.5) is 11.4 Å². The summed E-state index contributed by atoms with van der Waals surface area (Å²) in [7, 11) is 0. The number of benzene rings is 9. The predicted octanol–water partition coefficient (Wildman–Crippen LogP) is 10.2. The zero-order chi connectivity index (χ0) is 65.2. The molecule has 9 aromatic carbocycles. The molecule has 0 unspecified atom stereocenters. The third-order valence-electron chi connectivity index (χ3n) is 15.4. The summed E-state index contributed by atoms with van der Waals surface area (Å²) in [6.07, 6.45) is 8.02. The van der Waals surface area contributed by atoms with Crippen molar-refractivity contribution in [3.63, 3.8) is 0 Å². The smallest absolute Gasteiger partial charge is 0.345 e. The summed E-state index contributed by atoms with van der Waals surface area (Å²) in [4.78, 5) is 113. The van der Waals surface area contributed by atoms with E-state index in [9.17, 15) is 38.4 Å². The first-order valence-electron chi connectivity index (χ1n) is 28.6. The van der Waals surface area contributed by atoms with Crippen LogP contribution in [-0.2, 0) is 28.9 Å². The van der Waals surface area contributed by atoms with Gasteiger partial charge in [0.15, 0.2) is 0 Å². The number of aromatic nitrogens is 6. The summed E-state index contributed by atoms with van der Waals surface area (Å²) in [5.74, 6) is 0.597. The van der Waals surface area contributed by atoms with Crippen LogP contribution in [0.1, 0.15) is 61.2 Å². The van der Waals surface area contributed by atoms with E-state index in [0.29, 0.717) is 58.9 Å². The summed E-state index contributed by atoms with van der Waals surface area (Å²) in [5, 5.41) is 17.7. The highest BCUT2D eigenvalue weighted by molar-refractivity contribution is 5.58. The van der Waals surface area contributed by atoms with Crippen LogP contribution in [0.3, 0.4) is 0 Å². The van der Waals surface area contributed by atoms with E-state index in [0.717, 1.165) is 71.9 Å². The standard InChI is InChI=1S/C45H33N5O5.C27H21N5O5/c1-31-2-4-32(5-3-31)26-34-8-18-39(19-9-34)48-43(52)49(40-20-10-35(11-21-40)27-33-6-16-38(17-7-33)47-30-51)45(54)50(44(48)53)41-22-12-36(13-23-41)28-37-14-24-42(25-15-37)55-29-46;1-16-5-8-20(11-19(16)4)30-25(34)31(21-9-6-17(2)23(12-21)29-15-33)27(36)32(26(30)35)22-10-7-18(3)24(13-22)37-14-28/h2-25H,26-28H2,1H3;5-13H,1-4H3. The van der Waals surface area contributed by atoms with Gasteiger partial charge in [0.2, 0.25) is 12.2 Å². The van der Waals surface area contributed by atoms with Crippen molar-refractivity contribution in [1.82, 2.24) is 27.4 Å². The highest BCUT2D eigenvalue weighted by Crippen LogP contribution is 2.25. The maximum Gasteiger partial charge on any atom is 0.345 e. The number of hydrogen-bond donors (Lipinski definition) is 0. The van der Waals surface area contributed by atoms with Gasteiger partial charge in [0.05, 0.1) is 45.5 Å². The van der Waals surface area contributed by atoms with Crippen LogP contribution in [0.25, 0.3) is 34.1 Å². The van der Waals surface area contributed by atoms with Crippen molar-refractivity contribution in [2.24, 2.45) is 9.98 Å². The molecule has 0 bridgehead atoms. The second-order valence-corrected chi connectivity index (χ2v) is 21.5. The van der Waals surface area contributed by atoms with Gasteiger partial charge in [0.1, 0.15) is 11.5 Å². The van der Waals surface area contributed by atoms with Gasteiger partial charge in [-0.1, -0.05) is 109 Å². The average Bonchev–Trinajstić information content (AvgIpc) is 0.762. The zero-order valence-electron chi connectivity index (χ0n) is 50.2. The molecule has 0 N–H and O–H groups in total. The highest BCUT2D eigenvalue weighted by Gasteiger charge is 2.23. The van der Waals surface area contributed by atoms with E-state index >= 15 is 0 Å². The second-order valence-electron chi connectivity index (χ2n) is 21.5. The third kappa shape index (κ3) is 13.5. The molecule has 0 amide bonds. The minimum absolute atomic E-state index is 0.0930. The minimum Gasteiger partial charge on any atom is -0.388 e. The van der Waals surface area contributed by atoms with Crippen molar-refractivity contribution in [2.75, 3.05) is 0 Å². The molecule has 20 nitrogen and oxygen atoms in total. The number of hydrogen-bond acceptors (Lipinski definition) is 14. The number of aliphatic imine (C=N–C) groups is 2. The van der Waals surface area contributed by atoms with Crippen molar-refractivity contribution in [3.8, 4) is 58.1 Å². The van der Waals surface area contributed by atoms with E-state index in [4.69, 9.17) is 20.0 Å². The van der Waals surface area contributed by atoms with Gasteiger partial charge in [-0.3, -0.25) is 0 Å². The van der Waals surface area contributed by atoms with E-state index in [1.54, 1.807) is 117 Å². The number of rotatable bonds is 16. The number of isocyanates is 2. The molecule has 452 valence electrons. The van der Waals surface area contributed by atoms with Crippen molar-refractivity contribution < 1.29 is 19.1 Å². The quantitative estimate of drug-likeness (QED) is 0.0497. The molecule has 2 aromatic heterocycles. The molecular weight excluding hydrogens is 1160 g/mol. The van der Waals surface area contributed by atoms with Crippen LogP contribution in [-0.4, -0.2) is 39.6 Å². The molecule has 92 heavy (non-hydrogen) atoms. The monoisotopic (exact) mass is 1220 g/mol. The number of aryl methyl sites for hydroxylation is 5. The van der Waals surface area contributed by atoms with Gasteiger partial charge >= 0.3 is 34.1 Å². The lowest BCUT2D eigenvalue weighted by atomic mass is 10.0. The largest absolute Gasteiger partial charge is 0.388 e. The fourth-order valence-corrected chi connectivity index (χ4v) is 10.2. The summed E-state index contributed by atoms with van der Waals surface area (Å²) < 4.78 is 15.4. The van der Waals surface area contributed by atoms with Crippen LogP contribution in [0.2, 0.25) is 0 Å². The van der Waals surface area contributed by atoms with Crippen LogP contribution in [0.5, 0.6) is 11.5 Å². The Bertz CT molecular complexity index is 5210. The Morgan fingerprint density at radius 1 is 0.337 bits per heavy atom. The summed E-state index contributed by atoms with van der Waals surface area (Å²) in [5.41, 5.74) is 7.08. The second kappa shape index (κ2) is 27.5. The van der Waals surface area contributed by atoms with Crippen molar-refractivity contribution >= 4 is 23.5 Å². The molecule has 0 aliphatic heterocycles. The van der Waals surface area contributed by atoms with Crippen LogP contribution in [0.15, 0.2) is 239 Å². The van der Waals surface area contributed by atoms with Gasteiger partial charge in [0.25, 0.3) is 12.5 Å². The number of nitriles is 2. The molecule has 11 rings (SSSR count). The molecule has 0 aliphatic rings. The molecule has 0 saturated carbocycles. The third-order valence-corrected chi connectivity index (χ3v) is 15.4. The molecular formula is C72H54N10O10. The zero-order valence-corrected chi connectivity index (χ0v) is 50.2. The van der Waals surface area contributed by atoms with Gasteiger partial charge in [0, 0.05) is 6.07 Å². The Kier molecular flexibility index (Phi) is 18.6. The Hall–Kier alpha value is -12.9. The Morgan fingerprint density at radius 3 is 1.05 bits per heavy atom. The van der Waals surface area contributed by atoms with Gasteiger partial charge in [-0.2, -0.15) is 9.98 Å². The van der Waals surface area contributed by atoms with E-state index in [1.807, 2.05) is 81.4 Å². The lowest BCUT2D eigenvalue weighted by Crippen LogP contribution is -2.52. The first kappa shape index (κ1) is 62.2. The topological polar surface area (TPSA) is 257 Å². The molecule has 11 aromatic rings. The molecule has 0 atom stereocenters. The van der Waals surface area contributed by atoms with Gasteiger partial charge < -0.3 is 9.47 Å². The first-order valence-corrected chi connectivity index (χ1v) is 28.6. The summed E-state index contributed by atoms with van der Waals surface area (Å²) in [6, 6.07) is 57.8. The van der Waals surface area contributed by atoms with Crippen LogP contribution in [0, 0.1) is 57.7 Å². The minimum atomic E-state index is -0.952. The first-order chi connectivity index (χ1) is 44.5. The molecule has 0 saturated heterocycles. The van der Waals surface area contributed by atoms with Gasteiger partial charge in [-0.25, -0.2) is 65.8 Å². The van der Waals surface area contributed by atoms with Crippen LogP contribution >= 0.6 is 0 Å². The molecule has 20 heteroatoms. The SMILES string of the molecule is Cc1ccc(-n2c(=O)n(-c3ccc(C)c(N=C=O)c3)c(=O)n(-c3ccc(C)c(OC#N)c3)c2=O)cc1C.Cc1ccc(Cc2ccc(-n3c(=O)n(-c4ccc(Cc5ccc(N=C=O)cc5)cc4)c(=O)n(-c4ccc(Cc5ccc(OC#N)cc5)cc4)c3=O)cc2)cc1. The Balaban J connectivity index is 0.000000218. The molecule has 2 heterocycles. The van der Waals surface area contributed by atoms with E-state index in [2.05, 4.69) is 34.3 Å². The highest BCUT2D eigenvalue weighted by atomic mass is 16.5. The fraction of sp³-hybridized carbons (Fsp3) is 0.111. The van der Waals surface area contributed by atoms with Crippen molar-refractivity contribution in [2.45, 2.75) is 53.9 Å². The number of nitrogens with zero attached hydrogens (tertiary/aromatic N) is 10. The van der Waals surface area contributed by atoms with E-state index in [-0.39, 0.29) is 28.5 Å². The maximum absolute atomic E-state index is 14.2. The maximum atomic E-state index is 14.2. The van der Waals surface area contributed by atoms with E-state index in [1.165, 1.54) is 42.0 Å².